The van der Waals surface area contributed by atoms with Gasteiger partial charge in [-0.25, -0.2) is 4.99 Å². The van der Waals surface area contributed by atoms with E-state index in [2.05, 4.69) is 15.6 Å². The van der Waals surface area contributed by atoms with Gasteiger partial charge in [0.25, 0.3) is 0 Å². The van der Waals surface area contributed by atoms with E-state index >= 15 is 0 Å². The second-order valence-electron chi connectivity index (χ2n) is 6.86. The van der Waals surface area contributed by atoms with Crippen molar-refractivity contribution >= 4 is 35.8 Å². The third kappa shape index (κ3) is 6.69. The van der Waals surface area contributed by atoms with Crippen LogP contribution in [0.5, 0.6) is 11.5 Å². The minimum absolute atomic E-state index is 0. The van der Waals surface area contributed by atoms with Gasteiger partial charge in [0.1, 0.15) is 0 Å². The summed E-state index contributed by atoms with van der Waals surface area (Å²) in [7, 11) is 3.47. The molecule has 1 fully saturated rings. The predicted octanol–water partition coefficient (Wildman–Crippen LogP) is 1.73. The first kappa shape index (κ1) is 22.5. The van der Waals surface area contributed by atoms with E-state index in [1.54, 1.807) is 19.0 Å². The van der Waals surface area contributed by atoms with Gasteiger partial charge in [-0.15, -0.1) is 24.0 Å². The summed E-state index contributed by atoms with van der Waals surface area (Å²) in [6.45, 7) is 2.38. The molecule has 1 atom stereocenters. The molecule has 0 saturated carbocycles. The summed E-state index contributed by atoms with van der Waals surface area (Å²) < 4.78 is 16.5. The topological polar surface area (TPSA) is 84.4 Å². The summed E-state index contributed by atoms with van der Waals surface area (Å²) in [6, 6.07) is 5.78. The van der Waals surface area contributed by atoms with Gasteiger partial charge in [0.15, 0.2) is 17.5 Å². The Bertz CT molecular complexity index is 678. The Labute approximate surface area is 183 Å². The lowest BCUT2D eigenvalue weighted by atomic mass is 10.1. The molecule has 28 heavy (non-hydrogen) atoms. The van der Waals surface area contributed by atoms with E-state index in [9.17, 15) is 4.79 Å². The average Bonchev–Trinajstić information content (AvgIpc) is 3.15. The molecule has 156 valence electrons. The minimum atomic E-state index is -0.0125. The molecule has 0 aliphatic carbocycles. The van der Waals surface area contributed by atoms with Crippen molar-refractivity contribution in [1.29, 1.82) is 0 Å². The fourth-order valence-corrected chi connectivity index (χ4v) is 2.88. The Morgan fingerprint density at radius 3 is 2.79 bits per heavy atom. The molecule has 1 aromatic carbocycles. The zero-order chi connectivity index (χ0) is 19.1. The molecule has 9 heteroatoms. The molecule has 0 bridgehead atoms. The lowest BCUT2D eigenvalue weighted by molar-refractivity contribution is -0.127. The molecule has 3 rings (SSSR count). The maximum atomic E-state index is 11.9. The highest BCUT2D eigenvalue weighted by molar-refractivity contribution is 14.0. The molecule has 2 heterocycles. The molecular formula is C19H29IN4O4. The van der Waals surface area contributed by atoms with Gasteiger partial charge in [0.2, 0.25) is 12.7 Å². The second kappa shape index (κ2) is 11.3. The van der Waals surface area contributed by atoms with Gasteiger partial charge in [-0.2, -0.15) is 0 Å². The number of amides is 1. The van der Waals surface area contributed by atoms with Crippen molar-refractivity contribution in [2.24, 2.45) is 4.99 Å². The Kier molecular flexibility index (Phi) is 9.10. The van der Waals surface area contributed by atoms with Crippen molar-refractivity contribution in [2.45, 2.75) is 31.9 Å². The lowest BCUT2D eigenvalue weighted by Crippen LogP contribution is -2.45. The number of hydrogen-bond donors (Lipinski definition) is 2. The molecule has 1 unspecified atom stereocenters. The van der Waals surface area contributed by atoms with Crippen LogP contribution in [-0.2, 0) is 16.1 Å². The monoisotopic (exact) mass is 504 g/mol. The van der Waals surface area contributed by atoms with Crippen LogP contribution in [0.1, 0.15) is 24.8 Å². The summed E-state index contributed by atoms with van der Waals surface area (Å²) in [6.07, 6.45) is 3.53. The average molecular weight is 504 g/mol. The smallest absolute Gasteiger partial charge is 0.241 e. The van der Waals surface area contributed by atoms with Crippen LogP contribution in [0.4, 0.5) is 0 Å². The summed E-state index contributed by atoms with van der Waals surface area (Å²) >= 11 is 0. The Morgan fingerprint density at radius 2 is 2.04 bits per heavy atom. The number of rotatable bonds is 6. The quantitative estimate of drug-likeness (QED) is 0.349. The van der Waals surface area contributed by atoms with Crippen LogP contribution in [0.25, 0.3) is 0 Å². The summed E-state index contributed by atoms with van der Waals surface area (Å²) in [5.41, 5.74) is 1.01. The number of fused-ring (bicyclic) bond motifs is 1. The van der Waals surface area contributed by atoms with Crippen molar-refractivity contribution in [3.05, 3.63) is 23.8 Å². The highest BCUT2D eigenvalue weighted by Crippen LogP contribution is 2.32. The molecule has 1 saturated heterocycles. The highest BCUT2D eigenvalue weighted by atomic mass is 127. The molecule has 0 spiro atoms. The van der Waals surface area contributed by atoms with Gasteiger partial charge in [-0.05, 0) is 37.0 Å². The van der Waals surface area contributed by atoms with Gasteiger partial charge in [0, 0.05) is 27.2 Å². The number of guanidine groups is 1. The van der Waals surface area contributed by atoms with E-state index in [1.807, 2.05) is 18.2 Å². The van der Waals surface area contributed by atoms with E-state index in [0.717, 1.165) is 36.5 Å². The van der Waals surface area contributed by atoms with Crippen molar-refractivity contribution in [2.75, 3.05) is 40.6 Å². The third-order valence-corrected chi connectivity index (χ3v) is 4.53. The number of hydrogen-bond acceptors (Lipinski definition) is 5. The van der Waals surface area contributed by atoms with Gasteiger partial charge < -0.3 is 29.7 Å². The van der Waals surface area contributed by atoms with Crippen molar-refractivity contribution in [3.8, 4) is 11.5 Å². The Morgan fingerprint density at radius 1 is 1.21 bits per heavy atom. The SMILES string of the molecule is CN(C)C(=O)CNC(=NCc1ccc2c(c1)OCO2)NCC1CCCCO1.I. The van der Waals surface area contributed by atoms with Crippen LogP contribution in [-0.4, -0.2) is 63.5 Å². The van der Waals surface area contributed by atoms with E-state index in [0.29, 0.717) is 19.0 Å². The van der Waals surface area contributed by atoms with Gasteiger partial charge in [-0.3, -0.25) is 4.79 Å². The third-order valence-electron chi connectivity index (χ3n) is 4.53. The molecular weight excluding hydrogens is 475 g/mol. The molecule has 0 radical (unpaired) electrons. The number of carbonyl (C=O) groups is 1. The van der Waals surface area contributed by atoms with E-state index in [1.165, 1.54) is 6.42 Å². The van der Waals surface area contributed by atoms with Gasteiger partial charge >= 0.3 is 0 Å². The molecule has 2 aliphatic heterocycles. The zero-order valence-corrected chi connectivity index (χ0v) is 18.7. The number of carbonyl (C=O) groups excluding carboxylic acids is 1. The van der Waals surface area contributed by atoms with Crippen LogP contribution in [0.2, 0.25) is 0 Å². The number of nitrogens with zero attached hydrogens (tertiary/aromatic N) is 2. The normalized spacial score (nSPS) is 18.2. The predicted molar refractivity (Wildman–Crippen MR) is 117 cm³/mol. The molecule has 0 aromatic heterocycles. The molecule has 1 aromatic rings. The van der Waals surface area contributed by atoms with Crippen molar-refractivity contribution in [1.82, 2.24) is 15.5 Å². The lowest BCUT2D eigenvalue weighted by Gasteiger charge is -2.24. The van der Waals surface area contributed by atoms with Crippen LogP contribution in [0, 0.1) is 0 Å². The Balaban J connectivity index is 0.00000280. The standard InChI is InChI=1S/C19H28N4O4.HI/c1-23(2)18(24)12-22-19(21-11-15-5-3-4-8-25-15)20-10-14-6-7-16-17(9-14)27-13-26-16;/h6-7,9,15H,3-5,8,10-13H2,1-2H3,(H2,20,21,22);1H. The highest BCUT2D eigenvalue weighted by Gasteiger charge is 2.15. The summed E-state index contributed by atoms with van der Waals surface area (Å²) in [5.74, 6) is 2.08. The fraction of sp³-hybridized carbons (Fsp3) is 0.579. The van der Waals surface area contributed by atoms with E-state index < -0.39 is 0 Å². The maximum Gasteiger partial charge on any atom is 0.241 e. The number of ether oxygens (including phenoxy) is 3. The van der Waals surface area contributed by atoms with Gasteiger partial charge in [0.05, 0.1) is 19.2 Å². The molecule has 1 amide bonds. The largest absolute Gasteiger partial charge is 0.454 e. The summed E-state index contributed by atoms with van der Waals surface area (Å²) in [4.78, 5) is 18.0. The number of benzene rings is 1. The second-order valence-corrected chi connectivity index (χ2v) is 6.86. The number of halogens is 1. The number of nitrogens with one attached hydrogen (secondary N) is 2. The first-order chi connectivity index (χ1) is 13.1. The number of likely N-dealkylation sites (N-methyl/N-ethyl adjacent to an activating group) is 1. The Hall–Kier alpha value is -1.75. The van der Waals surface area contributed by atoms with Crippen LogP contribution >= 0.6 is 24.0 Å². The molecule has 2 aliphatic rings. The maximum absolute atomic E-state index is 11.9. The zero-order valence-electron chi connectivity index (χ0n) is 16.4. The van der Waals surface area contributed by atoms with Crippen LogP contribution in [0.3, 0.4) is 0 Å². The minimum Gasteiger partial charge on any atom is -0.454 e. The van der Waals surface area contributed by atoms with Crippen LogP contribution in [0.15, 0.2) is 23.2 Å². The van der Waals surface area contributed by atoms with E-state index in [-0.39, 0.29) is 49.3 Å². The molecule has 2 N–H and O–H groups in total. The van der Waals surface area contributed by atoms with Crippen molar-refractivity contribution in [3.63, 3.8) is 0 Å². The number of aliphatic imine (C=N–C) groups is 1. The van der Waals surface area contributed by atoms with Crippen LogP contribution < -0.4 is 20.1 Å². The van der Waals surface area contributed by atoms with Gasteiger partial charge in [-0.1, -0.05) is 6.07 Å². The fourth-order valence-electron chi connectivity index (χ4n) is 2.88. The van der Waals surface area contributed by atoms with Crippen molar-refractivity contribution < 1.29 is 19.0 Å². The van der Waals surface area contributed by atoms with E-state index in [4.69, 9.17) is 14.2 Å². The first-order valence-corrected chi connectivity index (χ1v) is 9.34. The summed E-state index contributed by atoms with van der Waals surface area (Å²) in [5, 5.41) is 6.39. The first-order valence-electron chi connectivity index (χ1n) is 9.34. The molecule has 8 nitrogen and oxygen atoms in total.